The Balaban J connectivity index is 2.34. The summed E-state index contributed by atoms with van der Waals surface area (Å²) in [5, 5.41) is 0. The molecule has 0 radical (unpaired) electrons. The number of hydrogen-bond acceptors (Lipinski definition) is 3. The third kappa shape index (κ3) is 4.94. The molecule has 4 nitrogen and oxygen atoms in total. The van der Waals surface area contributed by atoms with Gasteiger partial charge in [-0.15, -0.1) is 0 Å². The van der Waals surface area contributed by atoms with Crippen LogP contribution in [0.15, 0.2) is 0 Å². The Bertz CT molecular complexity index is 267. The van der Waals surface area contributed by atoms with Gasteiger partial charge >= 0.3 is 0 Å². The molecular formula is C14H28N2O2. The molecule has 1 aliphatic rings. The second kappa shape index (κ2) is 7.10. The Morgan fingerprint density at radius 2 is 2.00 bits per heavy atom. The van der Waals surface area contributed by atoms with E-state index in [9.17, 15) is 4.79 Å². The number of ether oxygens (including phenoxy) is 1. The molecule has 1 aliphatic heterocycles. The molecule has 2 N–H and O–H groups in total. The van der Waals surface area contributed by atoms with E-state index in [2.05, 4.69) is 27.7 Å². The van der Waals surface area contributed by atoms with Crippen LogP contribution in [0.25, 0.3) is 0 Å². The Morgan fingerprint density at radius 3 is 2.56 bits per heavy atom. The van der Waals surface area contributed by atoms with Crippen molar-refractivity contribution in [1.82, 2.24) is 4.90 Å². The minimum Gasteiger partial charge on any atom is -0.376 e. The lowest BCUT2D eigenvalue weighted by Crippen LogP contribution is -2.43. The zero-order chi connectivity index (χ0) is 13.7. The van der Waals surface area contributed by atoms with Crippen LogP contribution in [0.2, 0.25) is 0 Å². The quantitative estimate of drug-likeness (QED) is 0.786. The number of amides is 1. The number of likely N-dealkylation sites (tertiary alicyclic amines) is 1. The standard InChI is InChI=1S/C14H28N2O2/c1-10(2)7-13(15)14(17)16-6-5-12(8-16)18-9-11(3)4/h10-13H,5-9,15H2,1-4H3/t12-,13+/m1/s1. The van der Waals surface area contributed by atoms with Gasteiger partial charge in [0.15, 0.2) is 0 Å². The second-order valence-corrected chi connectivity index (χ2v) is 6.16. The van der Waals surface area contributed by atoms with E-state index in [-0.39, 0.29) is 18.1 Å². The third-order valence-electron chi connectivity index (χ3n) is 3.16. The van der Waals surface area contributed by atoms with E-state index >= 15 is 0 Å². The van der Waals surface area contributed by atoms with Crippen LogP contribution in [0.1, 0.15) is 40.5 Å². The van der Waals surface area contributed by atoms with Gasteiger partial charge in [-0.3, -0.25) is 4.79 Å². The predicted octanol–water partition coefficient (Wildman–Crippen LogP) is 1.63. The predicted molar refractivity (Wildman–Crippen MR) is 73.2 cm³/mol. The van der Waals surface area contributed by atoms with Crippen LogP contribution >= 0.6 is 0 Å². The largest absolute Gasteiger partial charge is 0.376 e. The summed E-state index contributed by atoms with van der Waals surface area (Å²) < 4.78 is 5.77. The second-order valence-electron chi connectivity index (χ2n) is 6.16. The summed E-state index contributed by atoms with van der Waals surface area (Å²) in [7, 11) is 0. The lowest BCUT2D eigenvalue weighted by molar-refractivity contribution is -0.132. The van der Waals surface area contributed by atoms with Crippen molar-refractivity contribution >= 4 is 5.91 Å². The Morgan fingerprint density at radius 1 is 1.33 bits per heavy atom. The monoisotopic (exact) mass is 256 g/mol. The van der Waals surface area contributed by atoms with Gasteiger partial charge < -0.3 is 15.4 Å². The Hall–Kier alpha value is -0.610. The molecule has 1 saturated heterocycles. The van der Waals surface area contributed by atoms with E-state index in [0.717, 1.165) is 26.0 Å². The highest BCUT2D eigenvalue weighted by Gasteiger charge is 2.29. The van der Waals surface area contributed by atoms with Crippen molar-refractivity contribution in [1.29, 1.82) is 0 Å². The highest BCUT2D eigenvalue weighted by molar-refractivity contribution is 5.81. The van der Waals surface area contributed by atoms with Crippen molar-refractivity contribution in [3.8, 4) is 0 Å². The highest BCUT2D eigenvalue weighted by Crippen LogP contribution is 2.16. The van der Waals surface area contributed by atoms with Crippen LogP contribution in [-0.4, -0.2) is 42.6 Å². The van der Waals surface area contributed by atoms with Gasteiger partial charge in [-0.1, -0.05) is 27.7 Å². The van der Waals surface area contributed by atoms with Crippen LogP contribution in [-0.2, 0) is 9.53 Å². The molecule has 1 fully saturated rings. The van der Waals surface area contributed by atoms with Crippen molar-refractivity contribution in [3.05, 3.63) is 0 Å². The molecule has 0 aromatic heterocycles. The Labute approximate surface area is 111 Å². The summed E-state index contributed by atoms with van der Waals surface area (Å²) >= 11 is 0. The number of rotatable bonds is 6. The molecule has 0 bridgehead atoms. The van der Waals surface area contributed by atoms with Crippen molar-refractivity contribution < 1.29 is 9.53 Å². The highest BCUT2D eigenvalue weighted by atomic mass is 16.5. The topological polar surface area (TPSA) is 55.6 Å². The maximum absolute atomic E-state index is 12.1. The van der Waals surface area contributed by atoms with E-state index in [1.807, 2.05) is 4.90 Å². The molecule has 0 aromatic carbocycles. The first-order valence-electron chi connectivity index (χ1n) is 7.06. The summed E-state index contributed by atoms with van der Waals surface area (Å²) in [4.78, 5) is 14.0. The van der Waals surface area contributed by atoms with Crippen molar-refractivity contribution in [2.75, 3.05) is 19.7 Å². The van der Waals surface area contributed by atoms with Gasteiger partial charge in [-0.25, -0.2) is 0 Å². The van der Waals surface area contributed by atoms with Crippen molar-refractivity contribution in [2.45, 2.75) is 52.7 Å². The van der Waals surface area contributed by atoms with Gasteiger partial charge in [-0.05, 0) is 24.7 Å². The maximum atomic E-state index is 12.1. The molecule has 0 unspecified atom stereocenters. The third-order valence-corrected chi connectivity index (χ3v) is 3.16. The number of nitrogens with two attached hydrogens (primary N) is 1. The van der Waals surface area contributed by atoms with Crippen LogP contribution in [0.3, 0.4) is 0 Å². The maximum Gasteiger partial charge on any atom is 0.239 e. The zero-order valence-corrected chi connectivity index (χ0v) is 12.2. The average Bonchev–Trinajstić information content (AvgIpc) is 2.72. The van der Waals surface area contributed by atoms with Gasteiger partial charge in [0, 0.05) is 19.7 Å². The SMILES string of the molecule is CC(C)CO[C@@H]1CCN(C(=O)[C@@H](N)CC(C)C)C1. The van der Waals surface area contributed by atoms with Crippen LogP contribution in [0.5, 0.6) is 0 Å². The summed E-state index contributed by atoms with van der Waals surface area (Å²) in [6.07, 6.45) is 1.89. The van der Waals surface area contributed by atoms with E-state index in [1.165, 1.54) is 0 Å². The van der Waals surface area contributed by atoms with Gasteiger partial charge in [0.05, 0.1) is 12.1 Å². The molecule has 1 amide bonds. The normalized spacial score (nSPS) is 21.9. The van der Waals surface area contributed by atoms with E-state index in [1.54, 1.807) is 0 Å². The summed E-state index contributed by atoms with van der Waals surface area (Å²) in [6, 6.07) is -0.353. The summed E-state index contributed by atoms with van der Waals surface area (Å²) in [6.45, 7) is 10.7. The minimum absolute atomic E-state index is 0.0827. The zero-order valence-electron chi connectivity index (χ0n) is 12.2. The molecule has 0 spiro atoms. The van der Waals surface area contributed by atoms with Crippen molar-refractivity contribution in [2.24, 2.45) is 17.6 Å². The first-order chi connectivity index (χ1) is 8.40. The fourth-order valence-electron chi connectivity index (χ4n) is 2.24. The van der Waals surface area contributed by atoms with E-state index in [0.29, 0.717) is 18.4 Å². The molecular weight excluding hydrogens is 228 g/mol. The molecule has 18 heavy (non-hydrogen) atoms. The van der Waals surface area contributed by atoms with Gasteiger partial charge in [-0.2, -0.15) is 0 Å². The smallest absolute Gasteiger partial charge is 0.239 e. The number of carbonyl (C=O) groups excluding carboxylic acids is 1. The molecule has 1 heterocycles. The van der Waals surface area contributed by atoms with Gasteiger partial charge in [0.2, 0.25) is 5.91 Å². The first kappa shape index (κ1) is 15.4. The van der Waals surface area contributed by atoms with E-state index < -0.39 is 0 Å². The lowest BCUT2D eigenvalue weighted by atomic mass is 10.0. The van der Waals surface area contributed by atoms with Gasteiger partial charge in [0.1, 0.15) is 0 Å². The minimum atomic E-state index is -0.353. The molecule has 2 atom stereocenters. The summed E-state index contributed by atoms with van der Waals surface area (Å²) in [5.41, 5.74) is 5.93. The van der Waals surface area contributed by atoms with E-state index in [4.69, 9.17) is 10.5 Å². The molecule has 0 aliphatic carbocycles. The molecule has 106 valence electrons. The molecule has 0 aromatic rings. The summed E-state index contributed by atoms with van der Waals surface area (Å²) in [5.74, 6) is 1.08. The fourth-order valence-corrected chi connectivity index (χ4v) is 2.24. The Kier molecular flexibility index (Phi) is 6.09. The van der Waals surface area contributed by atoms with Crippen LogP contribution < -0.4 is 5.73 Å². The molecule has 4 heteroatoms. The molecule has 0 saturated carbocycles. The number of hydrogen-bond donors (Lipinski definition) is 1. The van der Waals surface area contributed by atoms with Crippen molar-refractivity contribution in [3.63, 3.8) is 0 Å². The van der Waals surface area contributed by atoms with Crippen LogP contribution in [0.4, 0.5) is 0 Å². The molecule has 1 rings (SSSR count). The van der Waals surface area contributed by atoms with Crippen LogP contribution in [0, 0.1) is 11.8 Å². The number of nitrogens with zero attached hydrogens (tertiary/aromatic N) is 1. The van der Waals surface area contributed by atoms with Gasteiger partial charge in [0.25, 0.3) is 0 Å². The first-order valence-corrected chi connectivity index (χ1v) is 7.06. The number of carbonyl (C=O) groups is 1. The average molecular weight is 256 g/mol. The fraction of sp³-hybridized carbons (Fsp3) is 0.929. The lowest BCUT2D eigenvalue weighted by Gasteiger charge is -2.22.